The van der Waals surface area contributed by atoms with Gasteiger partial charge in [0, 0.05) is 12.2 Å². The van der Waals surface area contributed by atoms with Crippen molar-refractivity contribution in [3.8, 4) is 5.75 Å². The first-order chi connectivity index (χ1) is 11.3. The first-order valence-electron chi connectivity index (χ1n) is 7.55. The van der Waals surface area contributed by atoms with Crippen LogP contribution in [-0.4, -0.2) is 0 Å². The van der Waals surface area contributed by atoms with E-state index in [1.165, 1.54) is 12.1 Å². The van der Waals surface area contributed by atoms with E-state index < -0.39 is 0 Å². The highest BCUT2D eigenvalue weighted by Crippen LogP contribution is 2.18. The minimum absolute atomic E-state index is 0.214. The molecule has 0 radical (unpaired) electrons. The number of halogens is 1. The largest absolute Gasteiger partial charge is 0.489 e. The standard InChI is InChI=1S/C20H18FNO/c21-18-8-6-16(7-9-18)14-22-19-10-12-20(13-11-19)23-15-17-4-2-1-3-5-17/h1-13,22H,14-15H2. The lowest BCUT2D eigenvalue weighted by Gasteiger charge is -2.09. The summed E-state index contributed by atoms with van der Waals surface area (Å²) in [5, 5.41) is 3.30. The van der Waals surface area contributed by atoms with Crippen molar-refractivity contribution < 1.29 is 9.13 Å². The maximum absolute atomic E-state index is 12.9. The monoisotopic (exact) mass is 307 g/mol. The fraction of sp³-hybridized carbons (Fsp3) is 0.100. The molecular weight excluding hydrogens is 289 g/mol. The Morgan fingerprint density at radius 3 is 2.13 bits per heavy atom. The molecule has 0 aromatic heterocycles. The van der Waals surface area contributed by atoms with Gasteiger partial charge in [0.25, 0.3) is 0 Å². The highest BCUT2D eigenvalue weighted by atomic mass is 19.1. The van der Waals surface area contributed by atoms with Gasteiger partial charge in [-0.05, 0) is 47.5 Å². The third kappa shape index (κ3) is 4.58. The summed E-state index contributed by atoms with van der Waals surface area (Å²) in [7, 11) is 0. The number of rotatable bonds is 6. The van der Waals surface area contributed by atoms with Crippen molar-refractivity contribution in [1.82, 2.24) is 0 Å². The summed E-state index contributed by atoms with van der Waals surface area (Å²) in [4.78, 5) is 0. The molecule has 0 saturated heterocycles. The van der Waals surface area contributed by atoms with Crippen molar-refractivity contribution in [3.05, 3.63) is 95.8 Å². The van der Waals surface area contributed by atoms with Gasteiger partial charge in [0.05, 0.1) is 0 Å². The molecule has 0 amide bonds. The average Bonchev–Trinajstić information content (AvgIpc) is 2.61. The Bertz CT molecular complexity index is 724. The summed E-state index contributed by atoms with van der Waals surface area (Å²) in [6, 6.07) is 24.4. The summed E-state index contributed by atoms with van der Waals surface area (Å²) in [6.07, 6.45) is 0. The van der Waals surface area contributed by atoms with Gasteiger partial charge in [0.1, 0.15) is 18.2 Å². The first-order valence-corrected chi connectivity index (χ1v) is 7.55. The lowest BCUT2D eigenvalue weighted by Crippen LogP contribution is -1.99. The topological polar surface area (TPSA) is 21.3 Å². The molecule has 116 valence electrons. The number of benzene rings is 3. The van der Waals surface area contributed by atoms with Crippen molar-refractivity contribution >= 4 is 5.69 Å². The molecule has 1 N–H and O–H groups in total. The van der Waals surface area contributed by atoms with E-state index in [0.29, 0.717) is 13.2 Å². The number of anilines is 1. The van der Waals surface area contributed by atoms with E-state index in [4.69, 9.17) is 4.74 Å². The van der Waals surface area contributed by atoms with Gasteiger partial charge in [-0.1, -0.05) is 42.5 Å². The number of ether oxygens (including phenoxy) is 1. The Morgan fingerprint density at radius 2 is 1.43 bits per heavy atom. The van der Waals surface area contributed by atoms with Crippen LogP contribution in [0, 0.1) is 5.82 Å². The van der Waals surface area contributed by atoms with Crippen LogP contribution in [0.5, 0.6) is 5.75 Å². The molecule has 0 bridgehead atoms. The Labute approximate surface area is 135 Å². The third-order valence-electron chi connectivity index (χ3n) is 3.51. The first kappa shape index (κ1) is 15.1. The Balaban J connectivity index is 1.51. The van der Waals surface area contributed by atoms with E-state index in [1.54, 1.807) is 12.1 Å². The van der Waals surface area contributed by atoms with Gasteiger partial charge in [0.2, 0.25) is 0 Å². The van der Waals surface area contributed by atoms with Gasteiger partial charge in [-0.2, -0.15) is 0 Å². The summed E-state index contributed by atoms with van der Waals surface area (Å²) in [5.41, 5.74) is 3.18. The molecule has 23 heavy (non-hydrogen) atoms. The molecule has 0 atom stereocenters. The minimum Gasteiger partial charge on any atom is -0.489 e. The van der Waals surface area contributed by atoms with Crippen molar-refractivity contribution in [2.45, 2.75) is 13.2 Å². The van der Waals surface area contributed by atoms with Crippen LogP contribution in [0.1, 0.15) is 11.1 Å². The Morgan fingerprint density at radius 1 is 0.739 bits per heavy atom. The van der Waals surface area contributed by atoms with Crippen LogP contribution < -0.4 is 10.1 Å². The molecule has 0 spiro atoms. The van der Waals surface area contributed by atoms with E-state index in [0.717, 1.165) is 22.6 Å². The molecule has 3 rings (SSSR count). The quantitative estimate of drug-likeness (QED) is 0.690. The number of hydrogen-bond acceptors (Lipinski definition) is 2. The van der Waals surface area contributed by atoms with Gasteiger partial charge in [0.15, 0.2) is 0 Å². The van der Waals surface area contributed by atoms with E-state index in [9.17, 15) is 4.39 Å². The predicted molar refractivity (Wildman–Crippen MR) is 90.9 cm³/mol. The van der Waals surface area contributed by atoms with Crippen LogP contribution in [0.4, 0.5) is 10.1 Å². The van der Waals surface area contributed by atoms with Crippen molar-refractivity contribution in [2.75, 3.05) is 5.32 Å². The maximum atomic E-state index is 12.9. The molecule has 3 aromatic rings. The zero-order chi connectivity index (χ0) is 15.9. The zero-order valence-corrected chi connectivity index (χ0v) is 12.7. The summed E-state index contributed by atoms with van der Waals surface area (Å²) in [5.74, 6) is 0.620. The normalized spacial score (nSPS) is 10.3. The van der Waals surface area contributed by atoms with Gasteiger partial charge < -0.3 is 10.1 Å². The highest BCUT2D eigenvalue weighted by Gasteiger charge is 1.98. The molecule has 0 saturated carbocycles. The fourth-order valence-electron chi connectivity index (χ4n) is 2.22. The van der Waals surface area contributed by atoms with E-state index in [1.807, 2.05) is 54.6 Å². The fourth-order valence-corrected chi connectivity index (χ4v) is 2.22. The zero-order valence-electron chi connectivity index (χ0n) is 12.7. The molecule has 0 fully saturated rings. The van der Waals surface area contributed by atoms with Crippen LogP contribution in [-0.2, 0) is 13.2 Å². The third-order valence-corrected chi connectivity index (χ3v) is 3.51. The second-order valence-electron chi connectivity index (χ2n) is 5.28. The Kier molecular flexibility index (Phi) is 4.89. The summed E-state index contributed by atoms with van der Waals surface area (Å²) >= 11 is 0. The molecule has 0 aliphatic rings. The van der Waals surface area contributed by atoms with E-state index >= 15 is 0 Å². The molecule has 0 aliphatic carbocycles. The minimum atomic E-state index is -0.214. The van der Waals surface area contributed by atoms with Gasteiger partial charge in [-0.25, -0.2) is 4.39 Å². The van der Waals surface area contributed by atoms with Gasteiger partial charge in [-0.3, -0.25) is 0 Å². The molecule has 2 nitrogen and oxygen atoms in total. The number of hydrogen-bond donors (Lipinski definition) is 1. The second-order valence-corrected chi connectivity index (χ2v) is 5.28. The Hall–Kier alpha value is -2.81. The molecular formula is C20H18FNO. The lowest BCUT2D eigenvalue weighted by molar-refractivity contribution is 0.306. The maximum Gasteiger partial charge on any atom is 0.123 e. The highest BCUT2D eigenvalue weighted by molar-refractivity contribution is 5.46. The molecule has 3 heteroatoms. The molecule has 3 aromatic carbocycles. The van der Waals surface area contributed by atoms with Gasteiger partial charge >= 0.3 is 0 Å². The average molecular weight is 307 g/mol. The second kappa shape index (κ2) is 7.45. The van der Waals surface area contributed by atoms with Gasteiger partial charge in [-0.15, -0.1) is 0 Å². The SMILES string of the molecule is Fc1ccc(CNc2ccc(OCc3ccccc3)cc2)cc1. The van der Waals surface area contributed by atoms with E-state index in [-0.39, 0.29) is 5.82 Å². The van der Waals surface area contributed by atoms with Crippen molar-refractivity contribution in [3.63, 3.8) is 0 Å². The summed E-state index contributed by atoms with van der Waals surface area (Å²) in [6.45, 7) is 1.22. The van der Waals surface area contributed by atoms with Crippen LogP contribution in [0.15, 0.2) is 78.9 Å². The van der Waals surface area contributed by atoms with E-state index in [2.05, 4.69) is 5.32 Å². The molecule has 0 heterocycles. The smallest absolute Gasteiger partial charge is 0.123 e. The van der Waals surface area contributed by atoms with Crippen LogP contribution in [0.3, 0.4) is 0 Å². The number of nitrogens with one attached hydrogen (secondary N) is 1. The van der Waals surface area contributed by atoms with Crippen LogP contribution in [0.25, 0.3) is 0 Å². The molecule has 0 aliphatic heterocycles. The van der Waals surface area contributed by atoms with Crippen LogP contribution in [0.2, 0.25) is 0 Å². The van der Waals surface area contributed by atoms with Crippen molar-refractivity contribution in [1.29, 1.82) is 0 Å². The van der Waals surface area contributed by atoms with Crippen molar-refractivity contribution in [2.24, 2.45) is 0 Å². The predicted octanol–water partition coefficient (Wildman–Crippen LogP) is 5.02. The lowest BCUT2D eigenvalue weighted by atomic mass is 10.2. The van der Waals surface area contributed by atoms with Crippen LogP contribution >= 0.6 is 0 Å². The molecule has 0 unspecified atom stereocenters. The summed E-state index contributed by atoms with van der Waals surface area (Å²) < 4.78 is 18.6.